The van der Waals surface area contributed by atoms with Crippen molar-refractivity contribution >= 4 is 35.4 Å². The lowest BCUT2D eigenvalue weighted by Crippen LogP contribution is -1.91. The van der Waals surface area contributed by atoms with E-state index in [1.807, 2.05) is 16.8 Å². The summed E-state index contributed by atoms with van der Waals surface area (Å²) in [6, 6.07) is 5.37. The molecule has 0 spiro atoms. The molecule has 0 unspecified atom stereocenters. The van der Waals surface area contributed by atoms with Crippen molar-refractivity contribution in [2.24, 2.45) is 0 Å². The van der Waals surface area contributed by atoms with Gasteiger partial charge in [-0.2, -0.15) is 0 Å². The van der Waals surface area contributed by atoms with Crippen LogP contribution < -0.4 is 0 Å². The lowest BCUT2D eigenvalue weighted by Gasteiger charge is -2.03. The van der Waals surface area contributed by atoms with Crippen LogP contribution >= 0.6 is 35.4 Å². The Hall–Kier alpha value is -0.770. The van der Waals surface area contributed by atoms with E-state index in [2.05, 4.69) is 4.98 Å². The summed E-state index contributed by atoms with van der Waals surface area (Å²) in [5, 5.41) is 1.06. The molecule has 5 heteroatoms. The van der Waals surface area contributed by atoms with Crippen LogP contribution in [0.15, 0.2) is 30.6 Å². The van der Waals surface area contributed by atoms with Gasteiger partial charge >= 0.3 is 0 Å². The number of halogens is 2. The highest BCUT2D eigenvalue weighted by molar-refractivity contribution is 7.71. The monoisotopic (exact) mass is 244 g/mol. The topological polar surface area (TPSA) is 20.7 Å². The number of nitrogens with one attached hydrogen (secondary N) is 1. The van der Waals surface area contributed by atoms with Crippen molar-refractivity contribution in [2.75, 3.05) is 0 Å². The van der Waals surface area contributed by atoms with Crippen LogP contribution in [-0.2, 0) is 0 Å². The third kappa shape index (κ3) is 1.71. The molecule has 1 aromatic heterocycles. The number of aromatic nitrogens is 2. The van der Waals surface area contributed by atoms with Gasteiger partial charge in [0.1, 0.15) is 0 Å². The molecule has 0 bridgehead atoms. The summed E-state index contributed by atoms with van der Waals surface area (Å²) in [7, 11) is 0. The first-order chi connectivity index (χ1) is 6.68. The Bertz CT molecular complexity index is 516. The molecule has 1 aromatic carbocycles. The number of imidazole rings is 1. The number of aromatic amines is 1. The second kappa shape index (κ2) is 3.77. The van der Waals surface area contributed by atoms with Crippen molar-refractivity contribution in [3.8, 4) is 5.69 Å². The summed E-state index contributed by atoms with van der Waals surface area (Å²) >= 11 is 16.8. The van der Waals surface area contributed by atoms with Gasteiger partial charge in [-0.3, -0.25) is 4.57 Å². The van der Waals surface area contributed by atoms with Crippen LogP contribution in [-0.4, -0.2) is 9.55 Å². The number of nitrogens with zero attached hydrogens (tertiary/aromatic N) is 1. The van der Waals surface area contributed by atoms with Gasteiger partial charge in [0.2, 0.25) is 0 Å². The van der Waals surface area contributed by atoms with Crippen LogP contribution in [0.2, 0.25) is 10.0 Å². The third-order valence-electron chi connectivity index (χ3n) is 1.83. The molecule has 0 radical (unpaired) electrons. The second-order valence-electron chi connectivity index (χ2n) is 2.73. The first kappa shape index (κ1) is 9.77. The van der Waals surface area contributed by atoms with Crippen molar-refractivity contribution in [1.29, 1.82) is 0 Å². The van der Waals surface area contributed by atoms with E-state index in [0.717, 1.165) is 5.69 Å². The fourth-order valence-electron chi connectivity index (χ4n) is 1.16. The summed E-state index contributed by atoms with van der Waals surface area (Å²) in [5.41, 5.74) is 0.894. The molecule has 0 aliphatic heterocycles. The van der Waals surface area contributed by atoms with Crippen molar-refractivity contribution in [3.63, 3.8) is 0 Å². The number of H-pyrrole nitrogens is 1. The molecule has 0 saturated carbocycles. The Morgan fingerprint density at radius 3 is 2.57 bits per heavy atom. The molecule has 0 fully saturated rings. The molecular formula is C9H6Cl2N2S. The molecule has 0 atom stereocenters. The van der Waals surface area contributed by atoms with Crippen LogP contribution in [0.3, 0.4) is 0 Å². The van der Waals surface area contributed by atoms with Crippen molar-refractivity contribution in [1.82, 2.24) is 9.55 Å². The van der Waals surface area contributed by atoms with Crippen LogP contribution in [0.5, 0.6) is 0 Å². The van der Waals surface area contributed by atoms with Gasteiger partial charge in [-0.15, -0.1) is 0 Å². The van der Waals surface area contributed by atoms with E-state index >= 15 is 0 Å². The number of benzene rings is 1. The zero-order valence-electron chi connectivity index (χ0n) is 7.00. The van der Waals surface area contributed by atoms with E-state index in [4.69, 9.17) is 35.4 Å². The molecule has 1 N–H and O–H groups in total. The van der Waals surface area contributed by atoms with E-state index in [1.165, 1.54) is 0 Å². The fraction of sp³-hybridized carbons (Fsp3) is 0. The average molecular weight is 245 g/mol. The van der Waals surface area contributed by atoms with Gasteiger partial charge in [0.25, 0.3) is 0 Å². The van der Waals surface area contributed by atoms with Gasteiger partial charge in [0, 0.05) is 18.1 Å². The quantitative estimate of drug-likeness (QED) is 0.757. The zero-order chi connectivity index (χ0) is 10.1. The summed E-state index contributed by atoms with van der Waals surface area (Å²) < 4.78 is 2.45. The van der Waals surface area contributed by atoms with Crippen LogP contribution in [0, 0.1) is 4.77 Å². The Labute approximate surface area is 96.1 Å². The van der Waals surface area contributed by atoms with E-state index < -0.39 is 0 Å². The Balaban J connectivity index is 2.59. The second-order valence-corrected chi connectivity index (χ2v) is 3.93. The lowest BCUT2D eigenvalue weighted by atomic mass is 10.3. The van der Waals surface area contributed by atoms with Crippen LogP contribution in [0.1, 0.15) is 0 Å². The van der Waals surface area contributed by atoms with Gasteiger partial charge in [0.05, 0.1) is 10.0 Å². The normalized spacial score (nSPS) is 10.4. The van der Waals surface area contributed by atoms with E-state index in [0.29, 0.717) is 14.8 Å². The molecule has 14 heavy (non-hydrogen) atoms. The van der Waals surface area contributed by atoms with Crippen molar-refractivity contribution < 1.29 is 0 Å². The molecule has 1 heterocycles. The van der Waals surface area contributed by atoms with Crippen molar-refractivity contribution in [3.05, 3.63) is 45.4 Å². The van der Waals surface area contributed by atoms with E-state index in [1.54, 1.807) is 18.3 Å². The summed E-state index contributed by atoms with van der Waals surface area (Å²) in [6.07, 6.45) is 3.60. The van der Waals surface area contributed by atoms with Gasteiger partial charge in [-0.05, 0) is 30.4 Å². The first-order valence-corrected chi connectivity index (χ1v) is 5.06. The molecule has 0 amide bonds. The highest BCUT2D eigenvalue weighted by Gasteiger charge is 2.01. The fourth-order valence-corrected chi connectivity index (χ4v) is 1.69. The van der Waals surface area contributed by atoms with Crippen molar-refractivity contribution in [2.45, 2.75) is 0 Å². The molecular weight excluding hydrogens is 239 g/mol. The minimum atomic E-state index is 0.521. The van der Waals surface area contributed by atoms with Gasteiger partial charge in [0.15, 0.2) is 4.77 Å². The summed E-state index contributed by atoms with van der Waals surface area (Å²) in [4.78, 5) is 2.90. The zero-order valence-corrected chi connectivity index (χ0v) is 9.33. The maximum absolute atomic E-state index is 5.89. The summed E-state index contributed by atoms with van der Waals surface area (Å²) in [6.45, 7) is 0. The van der Waals surface area contributed by atoms with Gasteiger partial charge in [-0.1, -0.05) is 23.2 Å². The predicted octanol–water partition coefficient (Wildman–Crippen LogP) is 3.84. The Morgan fingerprint density at radius 1 is 1.21 bits per heavy atom. The number of hydrogen-bond acceptors (Lipinski definition) is 1. The Morgan fingerprint density at radius 2 is 2.00 bits per heavy atom. The molecule has 0 aliphatic rings. The largest absolute Gasteiger partial charge is 0.337 e. The molecule has 72 valence electrons. The van der Waals surface area contributed by atoms with Gasteiger partial charge < -0.3 is 4.98 Å². The number of rotatable bonds is 1. The van der Waals surface area contributed by atoms with Crippen LogP contribution in [0.25, 0.3) is 5.69 Å². The SMILES string of the molecule is S=c1[nH]ccn1-c1ccc(Cl)c(Cl)c1. The highest BCUT2D eigenvalue weighted by Crippen LogP contribution is 2.24. The number of hydrogen-bond donors (Lipinski definition) is 1. The Kier molecular flexibility index (Phi) is 2.63. The molecule has 0 saturated heterocycles. The predicted molar refractivity (Wildman–Crippen MR) is 61.0 cm³/mol. The average Bonchev–Trinajstić information content (AvgIpc) is 2.57. The smallest absolute Gasteiger partial charge is 0.181 e. The molecule has 2 nitrogen and oxygen atoms in total. The minimum absolute atomic E-state index is 0.521. The minimum Gasteiger partial charge on any atom is -0.337 e. The highest BCUT2D eigenvalue weighted by atomic mass is 35.5. The lowest BCUT2D eigenvalue weighted by molar-refractivity contribution is 1.03. The molecule has 0 aliphatic carbocycles. The maximum Gasteiger partial charge on any atom is 0.181 e. The van der Waals surface area contributed by atoms with E-state index in [-0.39, 0.29) is 0 Å². The maximum atomic E-state index is 5.89. The van der Waals surface area contributed by atoms with E-state index in [9.17, 15) is 0 Å². The molecule has 2 rings (SSSR count). The standard InChI is InChI=1S/C9H6Cl2N2S/c10-7-2-1-6(5-8(7)11)13-4-3-12-9(13)14/h1-5H,(H,12,14). The summed E-state index contributed by atoms with van der Waals surface area (Å²) in [5.74, 6) is 0. The van der Waals surface area contributed by atoms with Crippen LogP contribution in [0.4, 0.5) is 0 Å². The van der Waals surface area contributed by atoms with Gasteiger partial charge in [-0.25, -0.2) is 0 Å². The first-order valence-electron chi connectivity index (χ1n) is 3.90. The molecule has 2 aromatic rings. The third-order valence-corrected chi connectivity index (χ3v) is 2.88.